The molecule has 3 heterocycles. The van der Waals surface area contributed by atoms with Gasteiger partial charge in [-0.1, -0.05) is 0 Å². The number of alkyl halides is 1. The lowest BCUT2D eigenvalue weighted by Gasteiger charge is -2.35. The normalized spacial score (nSPS) is 18.6. The standard InChI is InChI=1S/C33H51FN4O7/c1-32(2,3)44-29(40)19-27(25-18-26(21-35-20-25)43-17-13-34)36-30(41)24-8-7-14-38(22-24)28(39)10-9-23-11-15-37(16-12-23)31(42)45-33(4,5)6/h18,20-21,23-24,27H,7-17,19,22H2,1-6H3,(H,36,41). The van der Waals surface area contributed by atoms with E-state index in [2.05, 4.69) is 10.3 Å². The number of hydrogen-bond acceptors (Lipinski definition) is 8. The van der Waals surface area contributed by atoms with Crippen LogP contribution >= 0.6 is 0 Å². The molecule has 0 radical (unpaired) electrons. The lowest BCUT2D eigenvalue weighted by Crippen LogP contribution is -2.46. The summed E-state index contributed by atoms with van der Waals surface area (Å²) in [6, 6.07) is 0.888. The predicted octanol–water partition coefficient (Wildman–Crippen LogP) is 4.98. The molecule has 2 fully saturated rings. The summed E-state index contributed by atoms with van der Waals surface area (Å²) in [5, 5.41) is 2.98. The second kappa shape index (κ2) is 16.2. The smallest absolute Gasteiger partial charge is 0.410 e. The van der Waals surface area contributed by atoms with Gasteiger partial charge in [0.1, 0.15) is 30.2 Å². The molecule has 12 heteroatoms. The van der Waals surface area contributed by atoms with Crippen LogP contribution in [0.2, 0.25) is 0 Å². The van der Waals surface area contributed by atoms with E-state index in [-0.39, 0.29) is 30.9 Å². The molecule has 2 saturated heterocycles. The summed E-state index contributed by atoms with van der Waals surface area (Å²) in [6.45, 7) is 12.2. The van der Waals surface area contributed by atoms with Crippen LogP contribution in [0.1, 0.15) is 98.1 Å². The fraction of sp³-hybridized carbons (Fsp3) is 0.727. The average molecular weight is 635 g/mol. The Bertz CT molecular complexity index is 1160. The zero-order valence-corrected chi connectivity index (χ0v) is 27.7. The van der Waals surface area contributed by atoms with Crippen LogP contribution in [0, 0.1) is 11.8 Å². The Morgan fingerprint density at radius 3 is 2.31 bits per heavy atom. The van der Waals surface area contributed by atoms with E-state index in [9.17, 15) is 23.6 Å². The quantitative estimate of drug-likeness (QED) is 0.338. The monoisotopic (exact) mass is 634 g/mol. The molecule has 0 aromatic carbocycles. The zero-order valence-electron chi connectivity index (χ0n) is 27.7. The summed E-state index contributed by atoms with van der Waals surface area (Å²) in [7, 11) is 0. The lowest BCUT2D eigenvalue weighted by molar-refractivity contribution is -0.155. The first-order chi connectivity index (χ1) is 21.1. The van der Waals surface area contributed by atoms with Crippen LogP contribution in [0.5, 0.6) is 5.75 Å². The Morgan fingerprint density at radius 1 is 0.978 bits per heavy atom. The Morgan fingerprint density at radius 2 is 1.67 bits per heavy atom. The number of amides is 3. The topological polar surface area (TPSA) is 127 Å². The molecule has 2 aliphatic heterocycles. The molecule has 1 N–H and O–H groups in total. The molecule has 0 bridgehead atoms. The van der Waals surface area contributed by atoms with Crippen molar-refractivity contribution in [1.82, 2.24) is 20.1 Å². The van der Waals surface area contributed by atoms with Crippen molar-refractivity contribution in [3.8, 4) is 5.75 Å². The number of likely N-dealkylation sites (tertiary alicyclic amines) is 2. The van der Waals surface area contributed by atoms with Gasteiger partial charge in [-0.2, -0.15) is 0 Å². The van der Waals surface area contributed by atoms with Crippen LogP contribution in [0.4, 0.5) is 9.18 Å². The van der Waals surface area contributed by atoms with Crippen molar-refractivity contribution in [2.75, 3.05) is 39.5 Å². The third kappa shape index (κ3) is 12.5. The van der Waals surface area contributed by atoms with E-state index in [1.807, 2.05) is 20.8 Å². The molecule has 2 aliphatic rings. The van der Waals surface area contributed by atoms with E-state index in [0.29, 0.717) is 62.7 Å². The molecule has 3 rings (SSSR count). The molecule has 1 aromatic heterocycles. The fourth-order valence-corrected chi connectivity index (χ4v) is 5.59. The molecule has 0 spiro atoms. The number of piperidine rings is 2. The van der Waals surface area contributed by atoms with Crippen molar-refractivity contribution < 1.29 is 37.8 Å². The molecule has 11 nitrogen and oxygen atoms in total. The third-order valence-corrected chi connectivity index (χ3v) is 7.77. The number of nitrogens with zero attached hydrogens (tertiary/aromatic N) is 3. The first-order valence-electron chi connectivity index (χ1n) is 16.0. The van der Waals surface area contributed by atoms with Crippen molar-refractivity contribution in [3.05, 3.63) is 24.0 Å². The second-order valence-electron chi connectivity index (χ2n) is 14.0. The van der Waals surface area contributed by atoms with E-state index in [0.717, 1.165) is 19.3 Å². The van der Waals surface area contributed by atoms with E-state index >= 15 is 0 Å². The van der Waals surface area contributed by atoms with Gasteiger partial charge in [0.2, 0.25) is 11.8 Å². The van der Waals surface area contributed by atoms with Gasteiger partial charge in [-0.3, -0.25) is 19.4 Å². The molecule has 0 saturated carbocycles. The number of hydrogen-bond donors (Lipinski definition) is 1. The minimum Gasteiger partial charge on any atom is -0.489 e. The van der Waals surface area contributed by atoms with Gasteiger partial charge in [0.25, 0.3) is 0 Å². The zero-order chi connectivity index (χ0) is 33.2. The lowest BCUT2D eigenvalue weighted by atomic mass is 9.91. The predicted molar refractivity (Wildman–Crippen MR) is 166 cm³/mol. The highest BCUT2D eigenvalue weighted by Crippen LogP contribution is 2.27. The highest BCUT2D eigenvalue weighted by atomic mass is 19.1. The number of carbonyl (C=O) groups is 4. The van der Waals surface area contributed by atoms with Crippen LogP contribution in [0.3, 0.4) is 0 Å². The van der Waals surface area contributed by atoms with E-state index < -0.39 is 35.8 Å². The maximum atomic E-state index is 13.5. The number of nitrogens with one attached hydrogen (secondary N) is 1. The van der Waals surface area contributed by atoms with Crippen LogP contribution in [-0.4, -0.2) is 89.3 Å². The summed E-state index contributed by atoms with van der Waals surface area (Å²) in [5.74, 6) is -0.470. The van der Waals surface area contributed by atoms with Gasteiger partial charge < -0.3 is 29.3 Å². The largest absolute Gasteiger partial charge is 0.489 e. The maximum absolute atomic E-state index is 13.5. The van der Waals surface area contributed by atoms with E-state index in [1.54, 1.807) is 36.6 Å². The van der Waals surface area contributed by atoms with Gasteiger partial charge in [-0.05, 0) is 91.2 Å². The summed E-state index contributed by atoms with van der Waals surface area (Å²) >= 11 is 0. The van der Waals surface area contributed by atoms with Crippen LogP contribution in [0.15, 0.2) is 18.5 Å². The highest BCUT2D eigenvalue weighted by Gasteiger charge is 2.32. The average Bonchev–Trinajstić information content (AvgIpc) is 2.97. The fourth-order valence-electron chi connectivity index (χ4n) is 5.59. The molecule has 0 aliphatic carbocycles. The van der Waals surface area contributed by atoms with Gasteiger partial charge in [0.05, 0.1) is 24.6 Å². The highest BCUT2D eigenvalue weighted by molar-refractivity contribution is 5.82. The SMILES string of the molecule is CC(C)(C)OC(=O)CC(NC(=O)C1CCCN(C(=O)CCC2CCN(C(=O)OC(C)(C)C)CC2)C1)c1cncc(OCCF)c1. The third-order valence-electron chi connectivity index (χ3n) is 7.77. The summed E-state index contributed by atoms with van der Waals surface area (Å²) < 4.78 is 29.0. The molecule has 2 unspecified atom stereocenters. The Hall–Kier alpha value is -3.44. The van der Waals surface area contributed by atoms with Crippen molar-refractivity contribution >= 4 is 23.9 Å². The Kier molecular flexibility index (Phi) is 13.0. The van der Waals surface area contributed by atoms with Crippen LogP contribution < -0.4 is 10.1 Å². The molecular weight excluding hydrogens is 583 g/mol. The second-order valence-corrected chi connectivity index (χ2v) is 14.0. The number of pyridine rings is 1. The maximum Gasteiger partial charge on any atom is 0.410 e. The van der Waals surface area contributed by atoms with Crippen molar-refractivity contribution in [3.63, 3.8) is 0 Å². The van der Waals surface area contributed by atoms with Crippen molar-refractivity contribution in [1.29, 1.82) is 0 Å². The Balaban J connectivity index is 1.56. The summed E-state index contributed by atoms with van der Waals surface area (Å²) in [6.07, 6.45) is 6.66. The molecule has 3 amide bonds. The number of esters is 1. The summed E-state index contributed by atoms with van der Waals surface area (Å²) in [4.78, 5) is 59.4. The van der Waals surface area contributed by atoms with Gasteiger partial charge in [-0.15, -0.1) is 0 Å². The van der Waals surface area contributed by atoms with Gasteiger partial charge in [-0.25, -0.2) is 9.18 Å². The summed E-state index contributed by atoms with van der Waals surface area (Å²) in [5.41, 5.74) is -0.696. The minimum absolute atomic E-state index is 0.0225. The first kappa shape index (κ1) is 36.0. The minimum atomic E-state index is -0.744. The van der Waals surface area contributed by atoms with E-state index in [1.165, 1.54) is 12.4 Å². The van der Waals surface area contributed by atoms with Gasteiger partial charge in [0.15, 0.2) is 0 Å². The number of ether oxygens (including phenoxy) is 3. The number of halogens is 1. The van der Waals surface area contributed by atoms with Crippen molar-refractivity contribution in [2.45, 2.75) is 104 Å². The van der Waals surface area contributed by atoms with Gasteiger partial charge >= 0.3 is 12.1 Å². The molecule has 252 valence electrons. The first-order valence-corrected chi connectivity index (χ1v) is 16.0. The molecule has 45 heavy (non-hydrogen) atoms. The molecular formula is C33H51FN4O7. The van der Waals surface area contributed by atoms with Crippen molar-refractivity contribution in [2.24, 2.45) is 11.8 Å². The van der Waals surface area contributed by atoms with Gasteiger partial charge in [0, 0.05) is 38.8 Å². The number of aromatic nitrogens is 1. The van der Waals surface area contributed by atoms with E-state index in [4.69, 9.17) is 14.2 Å². The molecule has 2 atom stereocenters. The van der Waals surface area contributed by atoms with Crippen LogP contribution in [-0.2, 0) is 23.9 Å². The molecule has 1 aromatic rings. The Labute approximate surface area is 266 Å². The van der Waals surface area contributed by atoms with Crippen LogP contribution in [0.25, 0.3) is 0 Å². The number of carbonyl (C=O) groups excluding carboxylic acids is 4. The number of rotatable bonds is 11.